The van der Waals surface area contributed by atoms with Gasteiger partial charge in [-0.25, -0.2) is 0 Å². The zero-order valence-corrected chi connectivity index (χ0v) is 11.4. The number of aryl methyl sites for hydroxylation is 1. The molecule has 2 heterocycles. The SMILES string of the molecule is Cn1cccc1C(=O)Cn1ccc2cccc([N+](=O)[O-])c21. The Balaban J connectivity index is 2.04. The van der Waals surface area contributed by atoms with E-state index in [1.807, 2.05) is 0 Å². The van der Waals surface area contributed by atoms with Gasteiger partial charge in [0, 0.05) is 30.9 Å². The number of aromatic nitrogens is 2. The number of hydrogen-bond acceptors (Lipinski definition) is 3. The number of benzene rings is 1. The van der Waals surface area contributed by atoms with Gasteiger partial charge >= 0.3 is 0 Å². The lowest BCUT2D eigenvalue weighted by Gasteiger charge is -2.06. The third kappa shape index (κ3) is 2.20. The third-order valence-electron chi connectivity index (χ3n) is 3.51. The fourth-order valence-electron chi connectivity index (χ4n) is 2.51. The van der Waals surface area contributed by atoms with Crippen molar-refractivity contribution in [1.29, 1.82) is 0 Å². The smallest absolute Gasteiger partial charge is 0.293 e. The molecule has 2 aromatic heterocycles. The lowest BCUT2D eigenvalue weighted by molar-refractivity contribution is -0.383. The molecule has 0 saturated carbocycles. The van der Waals surface area contributed by atoms with Gasteiger partial charge in [-0.15, -0.1) is 0 Å². The monoisotopic (exact) mass is 283 g/mol. The second-order valence-corrected chi connectivity index (χ2v) is 4.84. The molecule has 21 heavy (non-hydrogen) atoms. The Bertz CT molecular complexity index is 845. The minimum absolute atomic E-state index is 0.0113. The van der Waals surface area contributed by atoms with Gasteiger partial charge in [-0.3, -0.25) is 14.9 Å². The van der Waals surface area contributed by atoms with Crippen LogP contribution in [-0.2, 0) is 13.6 Å². The van der Waals surface area contributed by atoms with Gasteiger partial charge in [0.05, 0.1) is 17.2 Å². The molecule has 3 aromatic rings. The van der Waals surface area contributed by atoms with Crippen LogP contribution in [0.25, 0.3) is 10.9 Å². The van der Waals surface area contributed by atoms with E-state index in [4.69, 9.17) is 0 Å². The summed E-state index contributed by atoms with van der Waals surface area (Å²) >= 11 is 0. The summed E-state index contributed by atoms with van der Waals surface area (Å²) in [6.07, 6.45) is 3.50. The highest BCUT2D eigenvalue weighted by Crippen LogP contribution is 2.26. The van der Waals surface area contributed by atoms with Gasteiger partial charge in [-0.2, -0.15) is 0 Å². The lowest BCUT2D eigenvalue weighted by atomic mass is 10.2. The number of Topliss-reactive ketones (excluding diaryl/α,β-unsaturated/α-hetero) is 1. The van der Waals surface area contributed by atoms with Crippen molar-refractivity contribution in [2.75, 3.05) is 0 Å². The normalized spacial score (nSPS) is 10.9. The molecule has 6 nitrogen and oxygen atoms in total. The third-order valence-corrected chi connectivity index (χ3v) is 3.51. The second-order valence-electron chi connectivity index (χ2n) is 4.84. The largest absolute Gasteiger partial charge is 0.348 e. The standard InChI is InChI=1S/C15H13N3O3/c1-16-8-3-6-12(16)14(19)10-17-9-7-11-4-2-5-13(15(11)17)18(20)21/h2-9H,10H2,1H3. The first-order chi connectivity index (χ1) is 10.1. The maximum absolute atomic E-state index is 12.3. The molecule has 0 saturated heterocycles. The van der Waals surface area contributed by atoms with Crippen molar-refractivity contribution in [3.63, 3.8) is 0 Å². The van der Waals surface area contributed by atoms with E-state index in [1.54, 1.807) is 58.9 Å². The molecular weight excluding hydrogens is 270 g/mol. The molecule has 0 bridgehead atoms. The summed E-state index contributed by atoms with van der Waals surface area (Å²) in [5.41, 5.74) is 1.07. The van der Waals surface area contributed by atoms with Crippen LogP contribution in [0.2, 0.25) is 0 Å². The van der Waals surface area contributed by atoms with E-state index >= 15 is 0 Å². The first-order valence-electron chi connectivity index (χ1n) is 6.44. The van der Waals surface area contributed by atoms with Crippen LogP contribution >= 0.6 is 0 Å². The average Bonchev–Trinajstić information content (AvgIpc) is 3.05. The molecule has 3 rings (SSSR count). The molecule has 6 heteroatoms. The molecule has 106 valence electrons. The average molecular weight is 283 g/mol. The van der Waals surface area contributed by atoms with Crippen LogP contribution in [0.15, 0.2) is 48.8 Å². The van der Waals surface area contributed by atoms with Gasteiger partial charge in [-0.05, 0) is 18.2 Å². The van der Waals surface area contributed by atoms with E-state index in [2.05, 4.69) is 0 Å². The number of nitrogens with zero attached hydrogens (tertiary/aromatic N) is 3. The Labute approximate surface area is 120 Å². The minimum Gasteiger partial charge on any atom is -0.348 e. The number of rotatable bonds is 4. The zero-order chi connectivity index (χ0) is 15.0. The van der Waals surface area contributed by atoms with Crippen molar-refractivity contribution in [2.45, 2.75) is 6.54 Å². The van der Waals surface area contributed by atoms with Crippen LogP contribution in [0.3, 0.4) is 0 Å². The molecule has 0 atom stereocenters. The molecule has 0 spiro atoms. The Morgan fingerprint density at radius 2 is 2.00 bits per heavy atom. The van der Waals surface area contributed by atoms with Gasteiger partial charge in [0.25, 0.3) is 5.69 Å². The Kier molecular flexibility index (Phi) is 3.06. The van der Waals surface area contributed by atoms with Crippen molar-refractivity contribution in [2.24, 2.45) is 7.05 Å². The summed E-state index contributed by atoms with van der Waals surface area (Å²) in [7, 11) is 1.80. The van der Waals surface area contributed by atoms with Crippen molar-refractivity contribution in [3.8, 4) is 0 Å². The topological polar surface area (TPSA) is 70.1 Å². The molecule has 0 N–H and O–H groups in total. The van der Waals surface area contributed by atoms with Gasteiger partial charge < -0.3 is 9.13 Å². The molecule has 0 aliphatic carbocycles. The lowest BCUT2D eigenvalue weighted by Crippen LogP contribution is -2.13. The molecule has 0 fully saturated rings. The fourth-order valence-corrected chi connectivity index (χ4v) is 2.51. The van der Waals surface area contributed by atoms with Crippen LogP contribution in [0, 0.1) is 10.1 Å². The summed E-state index contributed by atoms with van der Waals surface area (Å²) in [5.74, 6) is -0.0850. The van der Waals surface area contributed by atoms with Gasteiger partial charge in [0.2, 0.25) is 0 Å². The van der Waals surface area contributed by atoms with Crippen LogP contribution in [0.5, 0.6) is 0 Å². The van der Waals surface area contributed by atoms with E-state index in [-0.39, 0.29) is 18.0 Å². The number of non-ortho nitro benzene ring substituents is 1. The fraction of sp³-hybridized carbons (Fsp3) is 0.133. The Hall–Kier alpha value is -2.89. The van der Waals surface area contributed by atoms with Crippen LogP contribution in [-0.4, -0.2) is 19.8 Å². The number of carbonyl (C=O) groups excluding carboxylic acids is 1. The first kappa shape index (κ1) is 13.1. The molecule has 1 aromatic carbocycles. The number of fused-ring (bicyclic) bond motifs is 1. The van der Waals surface area contributed by atoms with E-state index in [0.717, 1.165) is 5.39 Å². The molecular formula is C15H13N3O3. The van der Waals surface area contributed by atoms with Gasteiger partial charge in [0.1, 0.15) is 5.52 Å². The maximum Gasteiger partial charge on any atom is 0.293 e. The van der Waals surface area contributed by atoms with Gasteiger partial charge in [0.15, 0.2) is 5.78 Å². The second kappa shape index (κ2) is 4.90. The molecule has 0 aliphatic heterocycles. The molecule has 0 radical (unpaired) electrons. The highest BCUT2D eigenvalue weighted by Gasteiger charge is 2.18. The van der Waals surface area contributed by atoms with E-state index in [1.165, 1.54) is 6.07 Å². The number of nitro benzene ring substituents is 1. The highest BCUT2D eigenvalue weighted by molar-refractivity contribution is 5.96. The number of hydrogen-bond donors (Lipinski definition) is 0. The predicted octanol–water partition coefficient (Wildman–Crippen LogP) is 2.77. The van der Waals surface area contributed by atoms with Crippen molar-refractivity contribution in [3.05, 3.63) is 64.6 Å². The van der Waals surface area contributed by atoms with Crippen LogP contribution in [0.4, 0.5) is 5.69 Å². The van der Waals surface area contributed by atoms with Crippen LogP contribution in [0.1, 0.15) is 10.5 Å². The number of carbonyl (C=O) groups is 1. The number of nitro groups is 1. The summed E-state index contributed by atoms with van der Waals surface area (Å²) in [6, 6.07) is 10.2. The van der Waals surface area contributed by atoms with E-state index in [0.29, 0.717) is 11.2 Å². The van der Waals surface area contributed by atoms with Crippen molar-refractivity contribution < 1.29 is 9.72 Å². The van der Waals surface area contributed by atoms with E-state index < -0.39 is 4.92 Å². The Morgan fingerprint density at radius 3 is 2.67 bits per heavy atom. The summed E-state index contributed by atoms with van der Waals surface area (Å²) in [6.45, 7) is 0.0756. The molecule has 0 unspecified atom stereocenters. The van der Waals surface area contributed by atoms with E-state index in [9.17, 15) is 14.9 Å². The van der Waals surface area contributed by atoms with Crippen molar-refractivity contribution in [1.82, 2.24) is 9.13 Å². The zero-order valence-electron chi connectivity index (χ0n) is 11.4. The summed E-state index contributed by atoms with van der Waals surface area (Å²) < 4.78 is 3.37. The Morgan fingerprint density at radius 1 is 1.19 bits per heavy atom. The van der Waals surface area contributed by atoms with Crippen LogP contribution < -0.4 is 0 Å². The molecule has 0 aliphatic rings. The number of para-hydroxylation sites is 1. The predicted molar refractivity (Wildman–Crippen MR) is 78.3 cm³/mol. The highest BCUT2D eigenvalue weighted by atomic mass is 16.6. The molecule has 0 amide bonds. The van der Waals surface area contributed by atoms with Crippen molar-refractivity contribution >= 4 is 22.4 Å². The van der Waals surface area contributed by atoms with Gasteiger partial charge in [-0.1, -0.05) is 12.1 Å². The first-order valence-corrected chi connectivity index (χ1v) is 6.44. The number of ketones is 1. The maximum atomic E-state index is 12.3. The minimum atomic E-state index is -0.425. The summed E-state index contributed by atoms with van der Waals surface area (Å²) in [5, 5.41) is 11.9. The quantitative estimate of drug-likeness (QED) is 0.420. The summed E-state index contributed by atoms with van der Waals surface area (Å²) in [4.78, 5) is 23.0.